The molecule has 160 valence electrons. The van der Waals surface area contributed by atoms with Gasteiger partial charge in [0.2, 0.25) is 0 Å². The van der Waals surface area contributed by atoms with Gasteiger partial charge in [0.15, 0.2) is 5.96 Å². The van der Waals surface area contributed by atoms with Crippen LogP contribution in [0.3, 0.4) is 0 Å². The molecule has 0 saturated heterocycles. The van der Waals surface area contributed by atoms with E-state index >= 15 is 0 Å². The molecule has 30 heavy (non-hydrogen) atoms. The summed E-state index contributed by atoms with van der Waals surface area (Å²) in [5.41, 5.74) is 3.14. The number of methoxy groups -OCH3 is 1. The minimum absolute atomic E-state index is 0.122. The van der Waals surface area contributed by atoms with Crippen LogP contribution in [0.1, 0.15) is 17.2 Å². The third kappa shape index (κ3) is 5.10. The van der Waals surface area contributed by atoms with Crippen LogP contribution in [0.15, 0.2) is 53.7 Å². The molecule has 0 radical (unpaired) electrons. The predicted octanol–water partition coefficient (Wildman–Crippen LogP) is 3.33. The Morgan fingerprint density at radius 1 is 1.20 bits per heavy atom. The molecule has 1 unspecified atom stereocenters. The fraction of sp³-hybridized carbons (Fsp3) is 0.348. The zero-order chi connectivity index (χ0) is 21.5. The van der Waals surface area contributed by atoms with Crippen molar-refractivity contribution in [1.82, 2.24) is 20.5 Å². The Balaban J connectivity index is 1.59. The minimum atomic E-state index is -0.222. The molecule has 3 N–H and O–H groups in total. The number of aliphatic imine (C=N–C) groups is 1. The van der Waals surface area contributed by atoms with Gasteiger partial charge in [0.05, 0.1) is 13.2 Å². The van der Waals surface area contributed by atoms with Gasteiger partial charge in [-0.05, 0) is 50.3 Å². The van der Waals surface area contributed by atoms with Gasteiger partial charge in [0.1, 0.15) is 11.6 Å². The van der Waals surface area contributed by atoms with Crippen molar-refractivity contribution in [3.05, 3.63) is 65.6 Å². The number of hydrogen-bond donors (Lipinski definition) is 3. The standard InChI is InChI=1S/C23H30FN5O/c1-25-23(26-12-11-16-14-27-20-10-9-17(24)13-19(16)20)28-15-21(29(2)3)18-7-5-6-8-22(18)30-4/h5-10,13-14,21,27H,11-12,15H2,1-4H3,(H2,25,26,28). The summed E-state index contributed by atoms with van der Waals surface area (Å²) in [5.74, 6) is 1.37. The smallest absolute Gasteiger partial charge is 0.191 e. The Bertz CT molecular complexity index is 998. The van der Waals surface area contributed by atoms with Crippen LogP contribution in [0, 0.1) is 5.82 Å². The van der Waals surface area contributed by atoms with Gasteiger partial charge in [-0.1, -0.05) is 18.2 Å². The predicted molar refractivity (Wildman–Crippen MR) is 121 cm³/mol. The second-order valence-electron chi connectivity index (χ2n) is 7.36. The molecule has 1 atom stereocenters. The molecule has 1 aromatic heterocycles. The van der Waals surface area contributed by atoms with Crippen LogP contribution in [0.25, 0.3) is 10.9 Å². The van der Waals surface area contributed by atoms with Crippen molar-refractivity contribution < 1.29 is 9.13 Å². The first-order valence-corrected chi connectivity index (χ1v) is 10.0. The molecule has 0 saturated carbocycles. The minimum Gasteiger partial charge on any atom is -0.496 e. The molecule has 0 spiro atoms. The average Bonchev–Trinajstić information content (AvgIpc) is 3.14. The SMILES string of the molecule is CN=C(NCCc1c[nH]c2ccc(F)cc12)NCC(c1ccccc1OC)N(C)C. The van der Waals surface area contributed by atoms with Gasteiger partial charge < -0.3 is 25.3 Å². The van der Waals surface area contributed by atoms with Gasteiger partial charge in [-0.3, -0.25) is 4.99 Å². The molecule has 0 aliphatic rings. The highest BCUT2D eigenvalue weighted by molar-refractivity contribution is 5.83. The van der Waals surface area contributed by atoms with Crippen LogP contribution in [0.4, 0.5) is 4.39 Å². The number of hydrogen-bond acceptors (Lipinski definition) is 3. The first-order chi connectivity index (χ1) is 14.5. The van der Waals surface area contributed by atoms with Crippen LogP contribution < -0.4 is 15.4 Å². The fourth-order valence-corrected chi connectivity index (χ4v) is 3.60. The van der Waals surface area contributed by atoms with Crippen LogP contribution in [0.5, 0.6) is 5.75 Å². The van der Waals surface area contributed by atoms with Crippen LogP contribution in [-0.4, -0.2) is 57.2 Å². The average molecular weight is 412 g/mol. The lowest BCUT2D eigenvalue weighted by molar-refractivity contribution is 0.288. The molecule has 3 rings (SSSR count). The van der Waals surface area contributed by atoms with Crippen molar-refractivity contribution >= 4 is 16.9 Å². The highest BCUT2D eigenvalue weighted by Crippen LogP contribution is 2.27. The van der Waals surface area contributed by atoms with E-state index in [0.29, 0.717) is 13.1 Å². The number of para-hydroxylation sites is 1. The van der Waals surface area contributed by atoms with Crippen LogP contribution in [-0.2, 0) is 6.42 Å². The summed E-state index contributed by atoms with van der Waals surface area (Å²) in [6.07, 6.45) is 2.69. The van der Waals surface area contributed by atoms with E-state index in [1.54, 1.807) is 26.3 Å². The number of nitrogens with zero attached hydrogens (tertiary/aromatic N) is 2. The summed E-state index contributed by atoms with van der Waals surface area (Å²) in [6.45, 7) is 1.36. The molecule has 0 amide bonds. The number of fused-ring (bicyclic) bond motifs is 1. The Morgan fingerprint density at radius 3 is 2.73 bits per heavy atom. The van der Waals surface area contributed by atoms with Gasteiger partial charge in [0, 0.05) is 42.8 Å². The van der Waals surface area contributed by atoms with Gasteiger partial charge in [0.25, 0.3) is 0 Å². The molecule has 0 aliphatic carbocycles. The molecular weight excluding hydrogens is 381 g/mol. The molecule has 2 aromatic carbocycles. The number of H-pyrrole nitrogens is 1. The van der Waals surface area contributed by atoms with Gasteiger partial charge in [-0.15, -0.1) is 0 Å². The fourth-order valence-electron chi connectivity index (χ4n) is 3.60. The maximum atomic E-state index is 13.6. The van der Waals surface area contributed by atoms with E-state index < -0.39 is 0 Å². The maximum absolute atomic E-state index is 13.6. The van der Waals surface area contributed by atoms with Crippen molar-refractivity contribution in [2.75, 3.05) is 41.3 Å². The molecule has 0 fully saturated rings. The van der Waals surface area contributed by atoms with Crippen molar-refractivity contribution in [2.45, 2.75) is 12.5 Å². The number of aromatic amines is 1. The summed E-state index contributed by atoms with van der Waals surface area (Å²) in [6, 6.07) is 13.0. The summed E-state index contributed by atoms with van der Waals surface area (Å²) in [7, 11) is 7.54. The number of benzene rings is 2. The van der Waals surface area contributed by atoms with E-state index in [9.17, 15) is 4.39 Å². The first kappa shape index (κ1) is 21.6. The van der Waals surface area contributed by atoms with Crippen molar-refractivity contribution in [3.8, 4) is 5.75 Å². The maximum Gasteiger partial charge on any atom is 0.191 e. The van der Waals surface area contributed by atoms with Gasteiger partial charge in [-0.2, -0.15) is 0 Å². The van der Waals surface area contributed by atoms with Crippen LogP contribution >= 0.6 is 0 Å². The van der Waals surface area contributed by atoms with E-state index in [4.69, 9.17) is 4.74 Å². The normalized spacial score (nSPS) is 12.9. The molecule has 3 aromatic rings. The molecule has 7 heteroatoms. The molecule has 1 heterocycles. The first-order valence-electron chi connectivity index (χ1n) is 10.0. The zero-order valence-electron chi connectivity index (χ0n) is 18.0. The molecular formula is C23H30FN5O. The lowest BCUT2D eigenvalue weighted by atomic mass is 10.0. The lowest BCUT2D eigenvalue weighted by Crippen LogP contribution is -2.42. The highest BCUT2D eigenvalue weighted by atomic mass is 19.1. The molecule has 6 nitrogen and oxygen atoms in total. The van der Waals surface area contributed by atoms with E-state index in [2.05, 4.69) is 31.6 Å². The number of aromatic nitrogens is 1. The Hall–Kier alpha value is -3.06. The van der Waals surface area contributed by atoms with E-state index in [0.717, 1.165) is 40.2 Å². The monoisotopic (exact) mass is 411 g/mol. The summed E-state index contributed by atoms with van der Waals surface area (Å²) in [5, 5.41) is 7.66. The van der Waals surface area contributed by atoms with Crippen molar-refractivity contribution in [1.29, 1.82) is 0 Å². The number of nitrogens with one attached hydrogen (secondary N) is 3. The highest BCUT2D eigenvalue weighted by Gasteiger charge is 2.18. The summed E-state index contributed by atoms with van der Waals surface area (Å²) in [4.78, 5) is 9.67. The number of halogens is 1. The molecule has 0 bridgehead atoms. The topological polar surface area (TPSA) is 64.7 Å². The van der Waals surface area contributed by atoms with Crippen LogP contribution in [0.2, 0.25) is 0 Å². The van der Waals surface area contributed by atoms with E-state index in [1.165, 1.54) is 6.07 Å². The Morgan fingerprint density at radius 2 is 2.00 bits per heavy atom. The quantitative estimate of drug-likeness (QED) is 0.393. The largest absolute Gasteiger partial charge is 0.496 e. The van der Waals surface area contributed by atoms with Gasteiger partial charge in [-0.25, -0.2) is 4.39 Å². The number of rotatable bonds is 8. The second-order valence-corrected chi connectivity index (χ2v) is 7.36. The molecule has 0 aliphatic heterocycles. The number of likely N-dealkylation sites (N-methyl/N-ethyl adjacent to an activating group) is 1. The van der Waals surface area contributed by atoms with E-state index in [-0.39, 0.29) is 11.9 Å². The number of guanidine groups is 1. The van der Waals surface area contributed by atoms with E-state index in [1.807, 2.05) is 38.5 Å². The summed E-state index contributed by atoms with van der Waals surface area (Å²) < 4.78 is 19.1. The van der Waals surface area contributed by atoms with Crippen molar-refractivity contribution in [3.63, 3.8) is 0 Å². The Kier molecular flexibility index (Phi) is 7.30. The Labute approximate surface area is 177 Å². The lowest BCUT2D eigenvalue weighted by Gasteiger charge is -2.27. The zero-order valence-corrected chi connectivity index (χ0v) is 18.0. The third-order valence-electron chi connectivity index (χ3n) is 5.22. The number of ether oxygens (including phenoxy) is 1. The van der Waals surface area contributed by atoms with Crippen molar-refractivity contribution in [2.24, 2.45) is 4.99 Å². The second kappa shape index (κ2) is 10.1. The summed E-state index contributed by atoms with van der Waals surface area (Å²) >= 11 is 0. The third-order valence-corrected chi connectivity index (χ3v) is 5.22. The van der Waals surface area contributed by atoms with Gasteiger partial charge >= 0.3 is 0 Å².